The van der Waals surface area contributed by atoms with Crippen LogP contribution >= 0.6 is 0 Å². The molecule has 0 amide bonds. The van der Waals surface area contributed by atoms with Crippen LogP contribution in [0.5, 0.6) is 5.75 Å². The minimum absolute atomic E-state index is 0.217. The van der Waals surface area contributed by atoms with Gasteiger partial charge in [0, 0.05) is 37.0 Å². The first-order valence-electron chi connectivity index (χ1n) is 12.1. The lowest BCUT2D eigenvalue weighted by atomic mass is 9.79. The third kappa shape index (κ3) is 5.27. The van der Waals surface area contributed by atoms with E-state index in [1.54, 1.807) is 23.1 Å². The van der Waals surface area contributed by atoms with Crippen molar-refractivity contribution in [3.05, 3.63) is 42.4 Å². The third-order valence-corrected chi connectivity index (χ3v) is 6.64. The van der Waals surface area contributed by atoms with Crippen molar-refractivity contribution in [2.45, 2.75) is 19.8 Å². The molecule has 0 atom stereocenters. The number of fused-ring (bicyclic) bond motifs is 1. The molecule has 0 saturated carbocycles. The number of carboxylic acid groups (broad SMARTS) is 1. The van der Waals surface area contributed by atoms with E-state index < -0.39 is 11.4 Å². The summed E-state index contributed by atoms with van der Waals surface area (Å²) in [5.74, 6) is 0.644. The molecule has 4 heterocycles. The van der Waals surface area contributed by atoms with Gasteiger partial charge in [0.2, 0.25) is 0 Å². The van der Waals surface area contributed by atoms with Crippen LogP contribution in [0.4, 0.5) is 5.82 Å². The van der Waals surface area contributed by atoms with Crippen LogP contribution in [0.25, 0.3) is 16.6 Å². The highest BCUT2D eigenvalue weighted by molar-refractivity contribution is 5.85. The van der Waals surface area contributed by atoms with Gasteiger partial charge in [-0.3, -0.25) is 4.79 Å². The van der Waals surface area contributed by atoms with Crippen LogP contribution in [0, 0.1) is 16.7 Å². The Labute approximate surface area is 210 Å². The molecule has 1 aliphatic rings. The molecule has 1 N–H and O–H groups in total. The molecule has 0 spiro atoms. The highest BCUT2D eigenvalue weighted by Gasteiger charge is 2.42. The molecule has 4 rings (SSSR count). The van der Waals surface area contributed by atoms with Crippen molar-refractivity contribution >= 4 is 17.3 Å². The summed E-state index contributed by atoms with van der Waals surface area (Å²) in [6.07, 6.45) is 6.07. The second-order valence-corrected chi connectivity index (χ2v) is 9.32. The predicted molar refractivity (Wildman–Crippen MR) is 135 cm³/mol. The number of anilines is 1. The zero-order chi connectivity index (χ0) is 25.7. The van der Waals surface area contributed by atoms with Gasteiger partial charge in [0.1, 0.15) is 17.6 Å². The van der Waals surface area contributed by atoms with Crippen LogP contribution in [0.3, 0.4) is 0 Å². The number of hydrogen-bond donors (Lipinski definition) is 1. The van der Waals surface area contributed by atoms with E-state index in [4.69, 9.17) is 9.47 Å². The summed E-state index contributed by atoms with van der Waals surface area (Å²) in [6, 6.07) is 8.00. The smallest absolute Gasteiger partial charge is 0.312 e. The molecule has 0 bridgehead atoms. The van der Waals surface area contributed by atoms with Crippen LogP contribution in [-0.4, -0.2) is 84.1 Å². The molecule has 1 saturated heterocycles. The summed E-state index contributed by atoms with van der Waals surface area (Å²) in [6.45, 7) is 5.08. The number of carbonyl (C=O) groups is 1. The molecule has 0 aliphatic carbocycles. The number of nitrogens with zero attached hydrogens (tertiary/aromatic N) is 6. The van der Waals surface area contributed by atoms with Crippen LogP contribution in [0.2, 0.25) is 0 Å². The fraction of sp³-hybridized carbons (Fsp3) is 0.462. The Hall–Kier alpha value is -3.68. The van der Waals surface area contributed by atoms with Gasteiger partial charge in [-0.2, -0.15) is 10.4 Å². The normalized spacial score (nSPS) is 15.2. The second-order valence-electron chi connectivity index (χ2n) is 9.32. The van der Waals surface area contributed by atoms with E-state index in [1.165, 1.54) is 0 Å². The highest BCUT2D eigenvalue weighted by Crippen LogP contribution is 2.35. The number of hydrogen-bond acceptors (Lipinski definition) is 8. The molecule has 0 radical (unpaired) electrons. The van der Waals surface area contributed by atoms with E-state index >= 15 is 0 Å². The Kier molecular flexibility index (Phi) is 7.72. The minimum Gasteiger partial charge on any atom is -0.492 e. The maximum absolute atomic E-state index is 12.1. The standard InChI is InChI=1S/C26H32N6O4/c1-4-36-21-13-22(24-20(14-27)16-29-32(24)17-21)19-5-6-23(28-15-19)31-9-7-26(8-10-31,25(33)34)18-35-12-11-30(2)3/h5-6,13,15-17H,4,7-12,18H2,1-3H3,(H,33,34). The van der Waals surface area contributed by atoms with Gasteiger partial charge >= 0.3 is 5.97 Å². The second kappa shape index (κ2) is 10.9. The third-order valence-electron chi connectivity index (χ3n) is 6.64. The molecule has 3 aromatic rings. The van der Waals surface area contributed by atoms with Crippen LogP contribution in [-0.2, 0) is 9.53 Å². The molecule has 36 heavy (non-hydrogen) atoms. The first-order valence-corrected chi connectivity index (χ1v) is 12.1. The average molecular weight is 493 g/mol. The Morgan fingerprint density at radius 3 is 2.67 bits per heavy atom. The highest BCUT2D eigenvalue weighted by atomic mass is 16.5. The van der Waals surface area contributed by atoms with Gasteiger partial charge in [0.05, 0.1) is 48.7 Å². The number of piperidine rings is 1. The lowest BCUT2D eigenvalue weighted by Gasteiger charge is -2.39. The van der Waals surface area contributed by atoms with Gasteiger partial charge in [-0.25, -0.2) is 9.50 Å². The van der Waals surface area contributed by atoms with Crippen LogP contribution in [0.1, 0.15) is 25.3 Å². The monoisotopic (exact) mass is 492 g/mol. The van der Waals surface area contributed by atoms with Crippen molar-refractivity contribution in [2.24, 2.45) is 5.41 Å². The van der Waals surface area contributed by atoms with Crippen molar-refractivity contribution in [3.8, 4) is 22.9 Å². The van der Waals surface area contributed by atoms with Crippen LogP contribution in [0.15, 0.2) is 36.8 Å². The molecule has 0 unspecified atom stereocenters. The quantitative estimate of drug-likeness (QED) is 0.426. The number of likely N-dealkylation sites (N-methyl/N-ethyl adjacent to an activating group) is 1. The molecular formula is C26H32N6O4. The molecule has 190 valence electrons. The number of aliphatic carboxylic acids is 1. The molecule has 1 aliphatic heterocycles. The first-order chi connectivity index (χ1) is 17.4. The fourth-order valence-corrected chi connectivity index (χ4v) is 4.48. The lowest BCUT2D eigenvalue weighted by molar-refractivity contribution is -0.154. The summed E-state index contributed by atoms with van der Waals surface area (Å²) in [4.78, 5) is 20.9. The number of ether oxygens (including phenoxy) is 2. The maximum Gasteiger partial charge on any atom is 0.312 e. The Morgan fingerprint density at radius 1 is 1.28 bits per heavy atom. The number of pyridine rings is 2. The average Bonchev–Trinajstić information content (AvgIpc) is 3.30. The zero-order valence-electron chi connectivity index (χ0n) is 21.0. The van der Waals surface area contributed by atoms with Crippen molar-refractivity contribution in [1.82, 2.24) is 19.5 Å². The Balaban J connectivity index is 1.50. The van der Waals surface area contributed by atoms with Crippen LogP contribution < -0.4 is 9.64 Å². The predicted octanol–water partition coefficient (Wildman–Crippen LogP) is 2.92. The SMILES string of the molecule is CCOc1cc(-c2ccc(N3CCC(COCCN(C)C)(C(=O)O)CC3)nc2)c2c(C#N)cnn2c1. The van der Waals surface area contributed by atoms with Crippen molar-refractivity contribution in [1.29, 1.82) is 5.26 Å². The Bertz CT molecular complexity index is 1240. The van der Waals surface area contributed by atoms with Gasteiger partial charge < -0.3 is 24.4 Å². The number of nitriles is 1. The Morgan fingerprint density at radius 2 is 2.06 bits per heavy atom. The van der Waals surface area contributed by atoms with E-state index in [-0.39, 0.29) is 6.61 Å². The maximum atomic E-state index is 12.1. The van der Waals surface area contributed by atoms with Gasteiger partial charge in [-0.05, 0) is 52.1 Å². The number of aromatic nitrogens is 3. The number of carboxylic acids is 1. The molecule has 1 fully saturated rings. The van der Waals surface area contributed by atoms with E-state index in [9.17, 15) is 15.2 Å². The molecule has 3 aromatic heterocycles. The molecule has 0 aromatic carbocycles. The lowest BCUT2D eigenvalue weighted by Crippen LogP contribution is -2.47. The van der Waals surface area contributed by atoms with Gasteiger partial charge in [0.25, 0.3) is 0 Å². The summed E-state index contributed by atoms with van der Waals surface area (Å²) >= 11 is 0. The van der Waals surface area contributed by atoms with Crippen molar-refractivity contribution in [3.63, 3.8) is 0 Å². The fourth-order valence-electron chi connectivity index (χ4n) is 4.48. The molecule has 10 heteroatoms. The summed E-state index contributed by atoms with van der Waals surface area (Å²) < 4.78 is 13.1. The first kappa shape index (κ1) is 25.4. The van der Waals surface area contributed by atoms with Gasteiger partial charge in [0.15, 0.2) is 0 Å². The van der Waals surface area contributed by atoms with E-state index in [0.717, 1.165) is 23.5 Å². The van der Waals surface area contributed by atoms with Crippen molar-refractivity contribution < 1.29 is 19.4 Å². The van der Waals surface area contributed by atoms with Crippen molar-refractivity contribution in [2.75, 3.05) is 58.5 Å². The van der Waals surface area contributed by atoms with Gasteiger partial charge in [-0.15, -0.1) is 0 Å². The van der Waals surface area contributed by atoms with Gasteiger partial charge in [-0.1, -0.05) is 0 Å². The summed E-state index contributed by atoms with van der Waals surface area (Å²) in [5.41, 5.74) is 1.96. The summed E-state index contributed by atoms with van der Waals surface area (Å²) in [5, 5.41) is 23.8. The molecule has 10 nitrogen and oxygen atoms in total. The topological polar surface area (TPSA) is 116 Å². The molecular weight excluding hydrogens is 460 g/mol. The minimum atomic E-state index is -0.871. The largest absolute Gasteiger partial charge is 0.492 e. The van der Waals surface area contributed by atoms with E-state index in [0.29, 0.717) is 56.0 Å². The summed E-state index contributed by atoms with van der Waals surface area (Å²) in [7, 11) is 3.92. The number of rotatable bonds is 10. The van der Waals surface area contributed by atoms with E-state index in [1.807, 2.05) is 44.1 Å². The zero-order valence-corrected chi connectivity index (χ0v) is 21.0. The van der Waals surface area contributed by atoms with E-state index in [2.05, 4.69) is 21.1 Å².